The number of carboxylic acids is 1. The van der Waals surface area contributed by atoms with Gasteiger partial charge in [-0.2, -0.15) is 0 Å². The average molecular weight is 373 g/mol. The molecule has 1 amide bonds. The molecule has 5 heteroatoms. The number of amides is 1. The molecule has 0 saturated carbocycles. The summed E-state index contributed by atoms with van der Waals surface area (Å²) < 4.78 is 0. The number of ketones is 1. The van der Waals surface area contributed by atoms with Gasteiger partial charge in [0.05, 0.1) is 16.9 Å². The van der Waals surface area contributed by atoms with Gasteiger partial charge in [-0.3, -0.25) is 14.5 Å². The van der Waals surface area contributed by atoms with E-state index in [0.717, 1.165) is 11.1 Å². The molecule has 3 aromatic carbocycles. The molecule has 3 rings (SSSR count). The van der Waals surface area contributed by atoms with Crippen molar-refractivity contribution in [2.45, 2.75) is 13.3 Å². The second kappa shape index (κ2) is 8.31. The van der Waals surface area contributed by atoms with Crippen molar-refractivity contribution < 1.29 is 19.5 Å². The molecule has 0 bridgehead atoms. The smallest absolute Gasteiger partial charge is 0.337 e. The Hall–Kier alpha value is -3.73. The van der Waals surface area contributed by atoms with Crippen molar-refractivity contribution >= 4 is 29.0 Å². The SMILES string of the molecule is CC(=O)C(=O)N(c1ccccc1Cc1ccccc1)c1ccccc1C(=O)O. The Balaban J connectivity index is 2.17. The number of anilines is 2. The molecule has 0 atom stereocenters. The van der Waals surface area contributed by atoms with Crippen LogP contribution in [0.25, 0.3) is 0 Å². The number of rotatable bonds is 6. The highest BCUT2D eigenvalue weighted by molar-refractivity contribution is 6.42. The fourth-order valence-electron chi connectivity index (χ4n) is 3.05. The highest BCUT2D eigenvalue weighted by Crippen LogP contribution is 2.33. The van der Waals surface area contributed by atoms with Gasteiger partial charge in [0.1, 0.15) is 0 Å². The lowest BCUT2D eigenvalue weighted by Gasteiger charge is -2.26. The molecule has 0 saturated heterocycles. The standard InChI is InChI=1S/C23H19NO4/c1-16(25)22(26)24(21-14-8-6-12-19(21)23(27)28)20-13-7-5-11-18(20)15-17-9-3-2-4-10-17/h2-14H,15H2,1H3,(H,27,28). The van der Waals surface area contributed by atoms with Gasteiger partial charge in [-0.05, 0) is 35.7 Å². The summed E-state index contributed by atoms with van der Waals surface area (Å²) in [6, 6.07) is 23.1. The van der Waals surface area contributed by atoms with E-state index in [0.29, 0.717) is 12.1 Å². The van der Waals surface area contributed by atoms with Gasteiger partial charge in [-0.25, -0.2) is 4.79 Å². The highest BCUT2D eigenvalue weighted by atomic mass is 16.4. The van der Waals surface area contributed by atoms with E-state index in [2.05, 4.69) is 0 Å². The molecule has 0 unspecified atom stereocenters. The number of carboxylic acid groups (broad SMARTS) is 1. The van der Waals surface area contributed by atoms with Crippen molar-refractivity contribution in [3.05, 3.63) is 95.6 Å². The Bertz CT molecular complexity index is 1030. The van der Waals surface area contributed by atoms with E-state index in [1.807, 2.05) is 42.5 Å². The molecule has 0 aromatic heterocycles. The molecule has 0 radical (unpaired) electrons. The van der Waals surface area contributed by atoms with E-state index in [1.54, 1.807) is 24.3 Å². The molecule has 140 valence electrons. The highest BCUT2D eigenvalue weighted by Gasteiger charge is 2.27. The Kier molecular flexibility index (Phi) is 5.65. The number of para-hydroxylation sites is 2. The molecule has 0 aliphatic carbocycles. The van der Waals surface area contributed by atoms with Gasteiger partial charge in [-0.15, -0.1) is 0 Å². The number of nitrogens with zero attached hydrogens (tertiary/aromatic N) is 1. The lowest BCUT2D eigenvalue weighted by Crippen LogP contribution is -2.33. The maximum atomic E-state index is 12.8. The van der Waals surface area contributed by atoms with Crippen molar-refractivity contribution in [3.63, 3.8) is 0 Å². The summed E-state index contributed by atoms with van der Waals surface area (Å²) in [5.41, 5.74) is 2.45. The van der Waals surface area contributed by atoms with Crippen LogP contribution in [0.5, 0.6) is 0 Å². The van der Waals surface area contributed by atoms with Crippen molar-refractivity contribution in [2.75, 3.05) is 4.90 Å². The maximum Gasteiger partial charge on any atom is 0.337 e. The van der Waals surface area contributed by atoms with Crippen LogP contribution >= 0.6 is 0 Å². The van der Waals surface area contributed by atoms with Crippen LogP contribution in [0.3, 0.4) is 0 Å². The van der Waals surface area contributed by atoms with Crippen LogP contribution in [0, 0.1) is 0 Å². The van der Waals surface area contributed by atoms with Gasteiger partial charge in [0.2, 0.25) is 5.78 Å². The number of carbonyl (C=O) groups is 3. The van der Waals surface area contributed by atoms with Gasteiger partial charge in [0, 0.05) is 6.92 Å². The number of benzene rings is 3. The normalized spacial score (nSPS) is 10.3. The van der Waals surface area contributed by atoms with Gasteiger partial charge < -0.3 is 5.11 Å². The lowest BCUT2D eigenvalue weighted by molar-refractivity contribution is -0.134. The fraction of sp³-hybridized carbons (Fsp3) is 0.0870. The third kappa shape index (κ3) is 3.99. The summed E-state index contributed by atoms with van der Waals surface area (Å²) in [7, 11) is 0. The molecule has 0 aliphatic rings. The molecule has 0 heterocycles. The van der Waals surface area contributed by atoms with E-state index >= 15 is 0 Å². The van der Waals surface area contributed by atoms with Crippen LogP contribution in [-0.4, -0.2) is 22.8 Å². The van der Waals surface area contributed by atoms with Crippen LogP contribution in [0.4, 0.5) is 11.4 Å². The van der Waals surface area contributed by atoms with Crippen molar-refractivity contribution in [1.29, 1.82) is 0 Å². The summed E-state index contributed by atoms with van der Waals surface area (Å²) in [4.78, 5) is 37.7. The van der Waals surface area contributed by atoms with Crippen LogP contribution in [0.2, 0.25) is 0 Å². The third-order valence-electron chi connectivity index (χ3n) is 4.35. The zero-order valence-corrected chi connectivity index (χ0v) is 15.3. The third-order valence-corrected chi connectivity index (χ3v) is 4.35. The molecular formula is C23H19NO4. The van der Waals surface area contributed by atoms with Crippen molar-refractivity contribution in [3.8, 4) is 0 Å². The number of Topliss-reactive ketones (excluding diaryl/α,β-unsaturated/α-hetero) is 1. The first-order valence-corrected chi connectivity index (χ1v) is 8.78. The monoisotopic (exact) mass is 373 g/mol. The van der Waals surface area contributed by atoms with E-state index in [4.69, 9.17) is 0 Å². The largest absolute Gasteiger partial charge is 0.478 e. The number of aromatic carboxylic acids is 1. The van der Waals surface area contributed by atoms with Crippen LogP contribution < -0.4 is 4.90 Å². The summed E-state index contributed by atoms with van der Waals surface area (Å²) in [5, 5.41) is 9.56. The summed E-state index contributed by atoms with van der Waals surface area (Å²) >= 11 is 0. The predicted octanol–water partition coefficient (Wildman–Crippen LogP) is 4.23. The van der Waals surface area contributed by atoms with Crippen LogP contribution in [-0.2, 0) is 16.0 Å². The zero-order valence-electron chi connectivity index (χ0n) is 15.3. The first-order valence-electron chi connectivity index (χ1n) is 8.78. The predicted molar refractivity (Wildman–Crippen MR) is 107 cm³/mol. The average Bonchev–Trinajstić information content (AvgIpc) is 2.70. The molecular weight excluding hydrogens is 354 g/mol. The zero-order chi connectivity index (χ0) is 20.1. The summed E-state index contributed by atoms with van der Waals surface area (Å²) in [6.45, 7) is 1.18. The Labute approximate surface area is 162 Å². The molecule has 28 heavy (non-hydrogen) atoms. The molecule has 0 fully saturated rings. The second-order valence-corrected chi connectivity index (χ2v) is 6.31. The molecule has 1 N–H and O–H groups in total. The van der Waals surface area contributed by atoms with Gasteiger partial charge in [0.25, 0.3) is 5.91 Å². The van der Waals surface area contributed by atoms with E-state index in [-0.39, 0.29) is 11.3 Å². The van der Waals surface area contributed by atoms with Crippen molar-refractivity contribution in [2.24, 2.45) is 0 Å². The van der Waals surface area contributed by atoms with Crippen LogP contribution in [0.15, 0.2) is 78.9 Å². The minimum Gasteiger partial charge on any atom is -0.478 e. The topological polar surface area (TPSA) is 74.7 Å². The second-order valence-electron chi connectivity index (χ2n) is 6.31. The van der Waals surface area contributed by atoms with Gasteiger partial charge >= 0.3 is 5.97 Å². The fourth-order valence-corrected chi connectivity index (χ4v) is 3.05. The first kappa shape index (κ1) is 19.0. The number of hydrogen-bond acceptors (Lipinski definition) is 3. The van der Waals surface area contributed by atoms with Crippen LogP contribution in [0.1, 0.15) is 28.4 Å². The number of hydrogen-bond donors (Lipinski definition) is 1. The minimum atomic E-state index is -1.17. The van der Waals surface area contributed by atoms with Gasteiger partial charge in [0.15, 0.2) is 0 Å². The Morgan fingerprint density at radius 2 is 1.36 bits per heavy atom. The summed E-state index contributed by atoms with van der Waals surface area (Å²) in [5.74, 6) is -2.62. The molecule has 3 aromatic rings. The summed E-state index contributed by atoms with van der Waals surface area (Å²) in [6.07, 6.45) is 0.536. The Morgan fingerprint density at radius 3 is 2.00 bits per heavy atom. The van der Waals surface area contributed by atoms with Crippen molar-refractivity contribution in [1.82, 2.24) is 0 Å². The maximum absolute atomic E-state index is 12.8. The lowest BCUT2D eigenvalue weighted by atomic mass is 10.0. The molecule has 0 aliphatic heterocycles. The quantitative estimate of drug-likeness (QED) is 0.656. The number of carbonyl (C=O) groups excluding carboxylic acids is 2. The minimum absolute atomic E-state index is 0.0494. The van der Waals surface area contributed by atoms with Gasteiger partial charge in [-0.1, -0.05) is 60.7 Å². The Morgan fingerprint density at radius 1 is 0.786 bits per heavy atom. The van der Waals surface area contributed by atoms with E-state index in [9.17, 15) is 19.5 Å². The van der Waals surface area contributed by atoms with E-state index in [1.165, 1.54) is 24.0 Å². The van der Waals surface area contributed by atoms with E-state index < -0.39 is 17.7 Å². The molecule has 5 nitrogen and oxygen atoms in total. The molecule has 0 spiro atoms. The first-order chi connectivity index (χ1) is 13.5.